The Hall–Kier alpha value is -1.52. The second-order valence-electron chi connectivity index (χ2n) is 6.07. The molecule has 1 N–H and O–H groups in total. The van der Waals surface area contributed by atoms with Gasteiger partial charge in [-0.05, 0) is 55.7 Å². The van der Waals surface area contributed by atoms with Gasteiger partial charge >= 0.3 is 6.18 Å². The highest BCUT2D eigenvalue weighted by Crippen LogP contribution is 2.45. The first kappa shape index (κ1) is 14.4. The molecule has 4 atom stereocenters. The maximum absolute atomic E-state index is 13.7. The molecule has 0 radical (unpaired) electrons. The molecule has 3 rings (SSSR count). The quantitative estimate of drug-likeness (QED) is 0.621. The zero-order valence-electron chi connectivity index (χ0n) is 11.6. The number of nitrogens with one attached hydrogen (secondary N) is 1. The maximum Gasteiger partial charge on any atom is 0.416 e. The van der Waals surface area contributed by atoms with Crippen molar-refractivity contribution in [3.05, 3.63) is 41.7 Å². The van der Waals surface area contributed by atoms with Crippen LogP contribution < -0.4 is 5.32 Å². The summed E-state index contributed by atoms with van der Waals surface area (Å²) in [5.74, 6) is 0.754. The van der Waals surface area contributed by atoms with Crippen molar-refractivity contribution in [2.24, 2.45) is 17.8 Å². The molecule has 21 heavy (non-hydrogen) atoms. The van der Waals surface area contributed by atoms with Gasteiger partial charge in [0.25, 0.3) is 0 Å². The van der Waals surface area contributed by atoms with Crippen LogP contribution in [0.4, 0.5) is 23.2 Å². The molecule has 1 aromatic rings. The fraction of sp³-hybridized carbons (Fsp3) is 0.500. The van der Waals surface area contributed by atoms with Crippen LogP contribution in [0.2, 0.25) is 0 Å². The minimum absolute atomic E-state index is 0.0528. The van der Waals surface area contributed by atoms with Crippen LogP contribution in [0.15, 0.2) is 30.4 Å². The van der Waals surface area contributed by atoms with Crippen LogP contribution in [0.3, 0.4) is 0 Å². The van der Waals surface area contributed by atoms with Gasteiger partial charge in [0.2, 0.25) is 0 Å². The number of allylic oxidation sites excluding steroid dienone is 2. The molecule has 1 nitrogen and oxygen atoms in total. The molecule has 2 aliphatic carbocycles. The van der Waals surface area contributed by atoms with Gasteiger partial charge in [0.15, 0.2) is 0 Å². The molecule has 1 aromatic carbocycles. The highest BCUT2D eigenvalue weighted by Gasteiger charge is 2.39. The van der Waals surface area contributed by atoms with Crippen molar-refractivity contribution >= 4 is 5.69 Å². The molecule has 1 saturated carbocycles. The van der Waals surface area contributed by atoms with Crippen molar-refractivity contribution in [3.63, 3.8) is 0 Å². The van der Waals surface area contributed by atoms with E-state index >= 15 is 0 Å². The van der Waals surface area contributed by atoms with Crippen molar-refractivity contribution in [1.29, 1.82) is 0 Å². The molecule has 0 heterocycles. The highest BCUT2D eigenvalue weighted by molar-refractivity contribution is 5.49. The summed E-state index contributed by atoms with van der Waals surface area (Å²) in [6, 6.07) is 2.45. The van der Waals surface area contributed by atoms with Crippen molar-refractivity contribution in [1.82, 2.24) is 0 Å². The van der Waals surface area contributed by atoms with Crippen LogP contribution >= 0.6 is 0 Å². The lowest BCUT2D eigenvalue weighted by atomic mass is 9.87. The first-order valence-corrected chi connectivity index (χ1v) is 7.16. The second-order valence-corrected chi connectivity index (χ2v) is 6.07. The largest absolute Gasteiger partial charge is 0.416 e. The van der Waals surface area contributed by atoms with E-state index < -0.39 is 17.6 Å². The van der Waals surface area contributed by atoms with Crippen molar-refractivity contribution < 1.29 is 17.6 Å². The summed E-state index contributed by atoms with van der Waals surface area (Å²) in [4.78, 5) is 0. The SMILES string of the molecule is CC(Nc1cc(C(F)(F)F)ccc1F)C1CC2C=CC1C2. The number of fused-ring (bicyclic) bond motifs is 2. The lowest BCUT2D eigenvalue weighted by Gasteiger charge is -2.27. The standard InChI is InChI=1S/C16H17F4N/c1-9(13-7-10-2-3-11(13)6-10)21-15-8-12(16(18,19)20)4-5-14(15)17/h2-5,8-11,13,21H,6-7H2,1H3. The Balaban J connectivity index is 1.76. The lowest BCUT2D eigenvalue weighted by molar-refractivity contribution is -0.137. The van der Waals surface area contributed by atoms with Crippen LogP contribution in [0.5, 0.6) is 0 Å². The van der Waals surface area contributed by atoms with E-state index in [9.17, 15) is 17.6 Å². The number of hydrogen-bond acceptors (Lipinski definition) is 1. The Bertz CT molecular complexity index is 564. The molecule has 0 saturated heterocycles. The van der Waals surface area contributed by atoms with Crippen molar-refractivity contribution in [2.45, 2.75) is 32.0 Å². The zero-order chi connectivity index (χ0) is 15.2. The predicted octanol–water partition coefficient (Wildman–Crippen LogP) is 4.86. The topological polar surface area (TPSA) is 12.0 Å². The van der Waals surface area contributed by atoms with Crippen LogP contribution in [-0.2, 0) is 6.18 Å². The highest BCUT2D eigenvalue weighted by atomic mass is 19.4. The Morgan fingerprint density at radius 2 is 1.95 bits per heavy atom. The third-order valence-electron chi connectivity index (χ3n) is 4.65. The first-order valence-electron chi connectivity index (χ1n) is 7.16. The number of benzene rings is 1. The zero-order valence-corrected chi connectivity index (χ0v) is 11.6. The van der Waals surface area contributed by atoms with Crippen LogP contribution in [0, 0.1) is 23.6 Å². The lowest BCUT2D eigenvalue weighted by Crippen LogP contribution is -2.29. The summed E-state index contributed by atoms with van der Waals surface area (Å²) >= 11 is 0. The molecule has 0 aromatic heterocycles. The van der Waals surface area contributed by atoms with Gasteiger partial charge in [-0.25, -0.2) is 4.39 Å². The molecule has 0 aliphatic heterocycles. The first-order chi connectivity index (χ1) is 9.84. The van der Waals surface area contributed by atoms with Crippen molar-refractivity contribution in [3.8, 4) is 0 Å². The van der Waals surface area contributed by atoms with E-state index in [1.54, 1.807) is 0 Å². The number of hydrogen-bond donors (Lipinski definition) is 1. The molecular formula is C16H17F4N. The summed E-state index contributed by atoms with van der Waals surface area (Å²) in [6.45, 7) is 1.92. The van der Waals surface area contributed by atoms with Crippen LogP contribution in [-0.4, -0.2) is 6.04 Å². The van der Waals surface area contributed by atoms with Gasteiger partial charge in [-0.1, -0.05) is 12.2 Å². The van der Waals surface area contributed by atoms with Gasteiger partial charge < -0.3 is 5.32 Å². The van der Waals surface area contributed by atoms with E-state index in [0.717, 1.165) is 31.0 Å². The van der Waals surface area contributed by atoms with Gasteiger partial charge in [-0.3, -0.25) is 0 Å². The molecule has 0 spiro atoms. The predicted molar refractivity (Wildman–Crippen MR) is 73.3 cm³/mol. The minimum Gasteiger partial charge on any atom is -0.380 e. The van der Waals surface area contributed by atoms with E-state index in [-0.39, 0.29) is 11.7 Å². The number of anilines is 1. The van der Waals surface area contributed by atoms with Gasteiger partial charge in [-0.2, -0.15) is 13.2 Å². The molecule has 114 valence electrons. The average Bonchev–Trinajstić information content (AvgIpc) is 3.02. The van der Waals surface area contributed by atoms with Gasteiger partial charge in [0.1, 0.15) is 5.82 Å². The van der Waals surface area contributed by atoms with Gasteiger partial charge in [0.05, 0.1) is 11.3 Å². The molecule has 2 bridgehead atoms. The summed E-state index contributed by atoms with van der Waals surface area (Å²) in [5.41, 5.74) is -0.893. The van der Waals surface area contributed by atoms with E-state index in [1.807, 2.05) is 6.92 Å². The van der Waals surface area contributed by atoms with E-state index in [1.165, 1.54) is 0 Å². The molecule has 2 aliphatic rings. The Morgan fingerprint density at radius 1 is 1.19 bits per heavy atom. The normalized spacial score (nSPS) is 28.9. The minimum atomic E-state index is -4.46. The monoisotopic (exact) mass is 299 g/mol. The molecule has 5 heteroatoms. The third-order valence-corrected chi connectivity index (χ3v) is 4.65. The molecule has 4 unspecified atom stereocenters. The molecular weight excluding hydrogens is 282 g/mol. The second kappa shape index (κ2) is 5.04. The summed E-state index contributed by atoms with van der Waals surface area (Å²) in [5, 5.41) is 2.94. The van der Waals surface area contributed by atoms with Crippen molar-refractivity contribution in [2.75, 3.05) is 5.32 Å². The average molecular weight is 299 g/mol. The Labute approximate surface area is 121 Å². The fourth-order valence-corrected chi connectivity index (χ4v) is 3.56. The molecule has 0 amide bonds. The van der Waals surface area contributed by atoms with Gasteiger partial charge in [-0.15, -0.1) is 0 Å². The molecule has 1 fully saturated rings. The van der Waals surface area contributed by atoms with Crippen LogP contribution in [0.25, 0.3) is 0 Å². The van der Waals surface area contributed by atoms with Crippen LogP contribution in [0.1, 0.15) is 25.3 Å². The van der Waals surface area contributed by atoms with E-state index in [0.29, 0.717) is 17.8 Å². The third kappa shape index (κ3) is 2.78. The number of alkyl halides is 3. The summed E-state index contributed by atoms with van der Waals surface area (Å²) < 4.78 is 51.9. The summed E-state index contributed by atoms with van der Waals surface area (Å²) in [7, 11) is 0. The number of halogens is 4. The smallest absolute Gasteiger partial charge is 0.380 e. The summed E-state index contributed by atoms with van der Waals surface area (Å²) in [6.07, 6.45) is 2.07. The number of rotatable bonds is 3. The maximum atomic E-state index is 13.7. The van der Waals surface area contributed by atoms with E-state index in [2.05, 4.69) is 17.5 Å². The fourth-order valence-electron chi connectivity index (χ4n) is 3.56. The van der Waals surface area contributed by atoms with Gasteiger partial charge in [0, 0.05) is 6.04 Å². The Kier molecular flexibility index (Phi) is 3.46. The van der Waals surface area contributed by atoms with E-state index in [4.69, 9.17) is 0 Å². The Morgan fingerprint density at radius 3 is 2.52 bits per heavy atom.